The zero-order valence-electron chi connectivity index (χ0n) is 8.13. The Labute approximate surface area is 86.5 Å². The first-order chi connectivity index (χ1) is 5.74. The van der Waals surface area contributed by atoms with E-state index in [0.29, 0.717) is 19.8 Å². The van der Waals surface area contributed by atoms with Gasteiger partial charge in [0.15, 0.2) is 0 Å². The standard InChI is InChI=1S/C8H18O3Si.H4Si/c1-5-9-12(8-4,10-6-2)11-7-3;/h8H,4-7H2,1-3H3;1H4. The molecule has 0 rings (SSSR count). The predicted molar refractivity (Wildman–Crippen MR) is 62.2 cm³/mol. The van der Waals surface area contributed by atoms with E-state index in [2.05, 4.69) is 6.58 Å². The van der Waals surface area contributed by atoms with Crippen molar-refractivity contribution in [3.05, 3.63) is 12.3 Å². The molecule has 0 N–H and O–H groups in total. The van der Waals surface area contributed by atoms with Gasteiger partial charge in [-0.05, 0) is 37.4 Å². The van der Waals surface area contributed by atoms with Crippen LogP contribution >= 0.6 is 0 Å². The molecule has 0 bridgehead atoms. The van der Waals surface area contributed by atoms with Gasteiger partial charge in [0.1, 0.15) is 0 Å². The highest BCUT2D eigenvalue weighted by Crippen LogP contribution is 2.10. The van der Waals surface area contributed by atoms with E-state index >= 15 is 0 Å². The molecule has 0 aliphatic carbocycles. The zero-order chi connectivity index (χ0) is 9.45. The maximum Gasteiger partial charge on any atom is 0.528 e. The van der Waals surface area contributed by atoms with Gasteiger partial charge in [0.2, 0.25) is 0 Å². The summed E-state index contributed by atoms with van der Waals surface area (Å²) in [6, 6.07) is 0. The van der Waals surface area contributed by atoms with Gasteiger partial charge in [-0.25, -0.2) is 0 Å². The quantitative estimate of drug-likeness (QED) is 0.580. The highest BCUT2D eigenvalue weighted by Gasteiger charge is 2.36. The Bertz CT molecular complexity index is 114. The van der Waals surface area contributed by atoms with Crippen molar-refractivity contribution in [1.82, 2.24) is 0 Å². The van der Waals surface area contributed by atoms with Crippen LogP contribution in [0.1, 0.15) is 20.8 Å². The van der Waals surface area contributed by atoms with Crippen LogP contribution < -0.4 is 0 Å². The Kier molecular flexibility index (Phi) is 10.3. The molecule has 0 aromatic heterocycles. The van der Waals surface area contributed by atoms with Crippen LogP contribution in [0.4, 0.5) is 0 Å². The fourth-order valence-electron chi connectivity index (χ4n) is 0.905. The van der Waals surface area contributed by atoms with E-state index in [-0.39, 0.29) is 11.0 Å². The highest BCUT2D eigenvalue weighted by molar-refractivity contribution is 6.66. The predicted octanol–water partition coefficient (Wildman–Crippen LogP) is 0.308. The Balaban J connectivity index is 0. The largest absolute Gasteiger partial charge is 0.528 e. The molecule has 0 aliphatic heterocycles. The smallest absolute Gasteiger partial charge is 0.371 e. The third kappa shape index (κ3) is 5.38. The second kappa shape index (κ2) is 8.64. The third-order valence-corrected chi connectivity index (χ3v) is 3.86. The summed E-state index contributed by atoms with van der Waals surface area (Å²) in [5.74, 6) is 0. The van der Waals surface area contributed by atoms with Gasteiger partial charge >= 0.3 is 8.80 Å². The van der Waals surface area contributed by atoms with Crippen LogP contribution in [-0.2, 0) is 13.3 Å². The number of hydrogen-bond acceptors (Lipinski definition) is 3. The monoisotopic (exact) mass is 222 g/mol. The molecular formula is C8H22O3Si2. The van der Waals surface area contributed by atoms with Gasteiger partial charge in [0.05, 0.1) is 0 Å². The summed E-state index contributed by atoms with van der Waals surface area (Å²) >= 11 is 0. The zero-order valence-corrected chi connectivity index (χ0v) is 9.13. The summed E-state index contributed by atoms with van der Waals surface area (Å²) in [6.45, 7) is 11.2. The molecule has 3 nitrogen and oxygen atoms in total. The lowest BCUT2D eigenvalue weighted by Gasteiger charge is -2.24. The first-order valence-electron chi connectivity index (χ1n) is 4.30. The molecule has 0 radical (unpaired) electrons. The molecule has 0 saturated carbocycles. The van der Waals surface area contributed by atoms with E-state index in [0.717, 1.165) is 0 Å². The fraction of sp³-hybridized carbons (Fsp3) is 0.750. The average molecular weight is 222 g/mol. The van der Waals surface area contributed by atoms with Gasteiger partial charge in [0.25, 0.3) is 0 Å². The summed E-state index contributed by atoms with van der Waals surface area (Å²) in [5, 5.41) is 0. The van der Waals surface area contributed by atoms with Gasteiger partial charge in [-0.15, -0.1) is 0 Å². The lowest BCUT2D eigenvalue weighted by atomic mass is 10.9. The first-order valence-corrected chi connectivity index (χ1v) is 6.10. The maximum atomic E-state index is 5.44. The summed E-state index contributed by atoms with van der Waals surface area (Å²) in [7, 11) is -2.51. The van der Waals surface area contributed by atoms with E-state index in [1.54, 1.807) is 5.70 Å². The molecule has 0 fully saturated rings. The number of hydrogen-bond donors (Lipinski definition) is 0. The Morgan fingerprint density at radius 1 is 1.00 bits per heavy atom. The van der Waals surface area contributed by atoms with Gasteiger partial charge in [-0.3, -0.25) is 0 Å². The molecule has 0 aromatic rings. The van der Waals surface area contributed by atoms with Crippen molar-refractivity contribution in [2.75, 3.05) is 19.8 Å². The topological polar surface area (TPSA) is 27.7 Å². The highest BCUT2D eigenvalue weighted by atomic mass is 28.4. The third-order valence-electron chi connectivity index (χ3n) is 1.29. The number of rotatable bonds is 7. The van der Waals surface area contributed by atoms with Gasteiger partial charge in [-0.2, -0.15) is 0 Å². The SMILES string of the molecule is C=C[Si](OCC)(OCC)OCC.[SiH4]. The fourth-order valence-corrected chi connectivity index (χ4v) is 2.72. The van der Waals surface area contributed by atoms with Crippen molar-refractivity contribution < 1.29 is 13.3 Å². The second-order valence-corrected chi connectivity index (χ2v) is 4.59. The second-order valence-electron chi connectivity index (χ2n) is 2.11. The lowest BCUT2D eigenvalue weighted by molar-refractivity contribution is 0.0844. The van der Waals surface area contributed by atoms with E-state index in [9.17, 15) is 0 Å². The molecule has 0 aliphatic rings. The lowest BCUT2D eigenvalue weighted by Crippen LogP contribution is -2.44. The molecule has 0 heterocycles. The average Bonchev–Trinajstić information content (AvgIpc) is 2.06. The minimum Gasteiger partial charge on any atom is -0.371 e. The summed E-state index contributed by atoms with van der Waals surface area (Å²) in [6.07, 6.45) is 0. The molecule has 0 spiro atoms. The van der Waals surface area contributed by atoms with Crippen LogP contribution in [0.5, 0.6) is 0 Å². The van der Waals surface area contributed by atoms with E-state index in [1.165, 1.54) is 0 Å². The van der Waals surface area contributed by atoms with E-state index in [4.69, 9.17) is 13.3 Å². The molecule has 0 amide bonds. The first kappa shape index (κ1) is 15.5. The molecule has 13 heavy (non-hydrogen) atoms. The summed E-state index contributed by atoms with van der Waals surface area (Å²) in [5.41, 5.74) is 1.67. The minimum atomic E-state index is -2.51. The summed E-state index contributed by atoms with van der Waals surface area (Å²) < 4.78 is 16.3. The van der Waals surface area contributed by atoms with Crippen LogP contribution in [0.2, 0.25) is 0 Å². The van der Waals surface area contributed by atoms with Crippen LogP contribution in [0.15, 0.2) is 12.3 Å². The molecule has 5 heteroatoms. The van der Waals surface area contributed by atoms with E-state index < -0.39 is 8.80 Å². The van der Waals surface area contributed by atoms with Crippen LogP contribution in [0, 0.1) is 0 Å². The van der Waals surface area contributed by atoms with Crippen LogP contribution in [0.3, 0.4) is 0 Å². The van der Waals surface area contributed by atoms with E-state index in [1.807, 2.05) is 20.8 Å². The molecule has 0 aromatic carbocycles. The minimum absolute atomic E-state index is 0. The Morgan fingerprint density at radius 3 is 1.46 bits per heavy atom. The van der Waals surface area contributed by atoms with Crippen LogP contribution in [0.25, 0.3) is 0 Å². The Morgan fingerprint density at radius 2 is 1.31 bits per heavy atom. The maximum absolute atomic E-state index is 5.44. The Hall–Kier alpha value is 0.0538. The van der Waals surface area contributed by atoms with Crippen molar-refractivity contribution in [2.24, 2.45) is 0 Å². The molecule has 0 saturated heterocycles. The molecule has 0 atom stereocenters. The van der Waals surface area contributed by atoms with Crippen molar-refractivity contribution in [3.8, 4) is 0 Å². The van der Waals surface area contributed by atoms with Crippen molar-refractivity contribution in [1.29, 1.82) is 0 Å². The van der Waals surface area contributed by atoms with Gasteiger partial charge < -0.3 is 13.3 Å². The van der Waals surface area contributed by atoms with Crippen molar-refractivity contribution in [3.63, 3.8) is 0 Å². The normalized spacial score (nSPS) is 10.7. The van der Waals surface area contributed by atoms with Crippen LogP contribution in [-0.4, -0.2) is 39.6 Å². The molecular weight excluding hydrogens is 200 g/mol. The summed E-state index contributed by atoms with van der Waals surface area (Å²) in [4.78, 5) is 0. The van der Waals surface area contributed by atoms with Gasteiger partial charge in [0, 0.05) is 19.8 Å². The molecule has 0 unspecified atom stereocenters. The van der Waals surface area contributed by atoms with Gasteiger partial charge in [-0.1, -0.05) is 6.58 Å². The molecule has 80 valence electrons. The van der Waals surface area contributed by atoms with Crippen molar-refractivity contribution in [2.45, 2.75) is 20.8 Å². The van der Waals surface area contributed by atoms with Crippen molar-refractivity contribution >= 4 is 19.8 Å².